The molecule has 1 aromatic carbocycles. The Morgan fingerprint density at radius 3 is 2.52 bits per heavy atom. The molecule has 2 aromatic rings. The molecule has 3 aliphatic rings. The standard InChI is InChI=1S/C33H44F3N5O3/c1-21-15-39(26(17-38-10-9-24(35)16-38)18-40(21)31(43)44-32(2,3)4)19-30(42)41-20-33(5,6)27-14-37-25(13-29(27)41)11-22-7-8-23(34)12-28(22)36/h7-8,12-14,21,24,26H,9-11,15-20H2,1-6H3/t21-,24+,26+/m1/s1. The predicted octanol–water partition coefficient (Wildman–Crippen LogP) is 4.93. The number of carbonyl (C=O) groups excluding carboxylic acids is 2. The van der Waals surface area contributed by atoms with Crippen LogP contribution in [0.5, 0.6) is 0 Å². The number of anilines is 1. The molecule has 4 heterocycles. The van der Waals surface area contributed by atoms with E-state index in [9.17, 15) is 22.8 Å². The molecule has 5 rings (SSSR count). The van der Waals surface area contributed by atoms with Gasteiger partial charge in [-0.3, -0.25) is 19.6 Å². The molecule has 0 N–H and O–H groups in total. The molecular weight excluding hydrogens is 571 g/mol. The molecule has 2 amide bonds. The molecule has 0 aliphatic carbocycles. The molecule has 0 radical (unpaired) electrons. The van der Waals surface area contributed by atoms with Crippen LogP contribution in [-0.2, 0) is 21.4 Å². The number of rotatable bonds is 6. The summed E-state index contributed by atoms with van der Waals surface area (Å²) in [5.41, 5.74) is 1.60. The molecule has 0 spiro atoms. The van der Waals surface area contributed by atoms with Crippen LogP contribution in [0.15, 0.2) is 30.5 Å². The number of hydrogen-bond donors (Lipinski definition) is 0. The zero-order valence-corrected chi connectivity index (χ0v) is 26.6. The topological polar surface area (TPSA) is 69.2 Å². The molecule has 11 heteroatoms. The quantitative estimate of drug-likeness (QED) is 0.459. The number of piperazine rings is 1. The minimum absolute atomic E-state index is 0.0883. The monoisotopic (exact) mass is 615 g/mol. The van der Waals surface area contributed by atoms with Crippen molar-refractivity contribution in [3.63, 3.8) is 0 Å². The van der Waals surface area contributed by atoms with Crippen LogP contribution < -0.4 is 4.90 Å². The average molecular weight is 616 g/mol. The number of hydrogen-bond acceptors (Lipinski definition) is 6. The Labute approximate surface area is 258 Å². The van der Waals surface area contributed by atoms with Crippen molar-refractivity contribution in [3.05, 3.63) is 58.9 Å². The highest BCUT2D eigenvalue weighted by Gasteiger charge is 2.42. The minimum Gasteiger partial charge on any atom is -0.444 e. The van der Waals surface area contributed by atoms with Gasteiger partial charge in [0.2, 0.25) is 5.91 Å². The van der Waals surface area contributed by atoms with Crippen LogP contribution in [0.2, 0.25) is 0 Å². The average Bonchev–Trinajstić information content (AvgIpc) is 3.45. The van der Waals surface area contributed by atoms with Crippen LogP contribution in [-0.4, -0.2) is 101 Å². The van der Waals surface area contributed by atoms with E-state index in [0.29, 0.717) is 56.9 Å². The van der Waals surface area contributed by atoms with E-state index >= 15 is 0 Å². The number of likely N-dealkylation sites (tertiary alicyclic amines) is 1. The zero-order valence-electron chi connectivity index (χ0n) is 26.6. The first-order chi connectivity index (χ1) is 20.6. The minimum atomic E-state index is -0.871. The Bertz CT molecular complexity index is 1400. The number of pyridine rings is 1. The van der Waals surface area contributed by atoms with Gasteiger partial charge in [-0.25, -0.2) is 18.0 Å². The Balaban J connectivity index is 1.36. The number of fused-ring (bicyclic) bond motifs is 1. The second kappa shape index (κ2) is 12.3. The van der Waals surface area contributed by atoms with Crippen molar-refractivity contribution >= 4 is 17.7 Å². The third kappa shape index (κ3) is 7.20. The second-order valence-electron chi connectivity index (χ2n) is 14.2. The van der Waals surface area contributed by atoms with Crippen LogP contribution in [0.25, 0.3) is 0 Å². The summed E-state index contributed by atoms with van der Waals surface area (Å²) < 4.78 is 47.6. The summed E-state index contributed by atoms with van der Waals surface area (Å²) >= 11 is 0. The summed E-state index contributed by atoms with van der Waals surface area (Å²) in [6, 6.07) is 4.95. The fourth-order valence-corrected chi connectivity index (χ4v) is 6.54. The van der Waals surface area contributed by atoms with Crippen LogP contribution in [0.3, 0.4) is 0 Å². The largest absolute Gasteiger partial charge is 0.444 e. The number of alkyl halides is 1. The fourth-order valence-electron chi connectivity index (χ4n) is 6.54. The first-order valence-corrected chi connectivity index (χ1v) is 15.4. The van der Waals surface area contributed by atoms with E-state index < -0.39 is 29.5 Å². The Kier molecular flexibility index (Phi) is 9.01. The van der Waals surface area contributed by atoms with Crippen molar-refractivity contribution < 1.29 is 27.5 Å². The highest BCUT2D eigenvalue weighted by Crippen LogP contribution is 2.41. The molecular formula is C33H44F3N5O3. The highest BCUT2D eigenvalue weighted by atomic mass is 19.1. The van der Waals surface area contributed by atoms with E-state index in [1.807, 2.05) is 33.8 Å². The molecule has 1 aromatic heterocycles. The van der Waals surface area contributed by atoms with Gasteiger partial charge < -0.3 is 14.5 Å². The Hall–Kier alpha value is -3.18. The number of ether oxygens (including phenoxy) is 1. The van der Waals surface area contributed by atoms with Gasteiger partial charge in [-0.15, -0.1) is 0 Å². The first-order valence-electron chi connectivity index (χ1n) is 15.4. The summed E-state index contributed by atoms with van der Waals surface area (Å²) in [6.07, 6.45) is 1.14. The van der Waals surface area contributed by atoms with Gasteiger partial charge in [0.05, 0.1) is 12.2 Å². The SMILES string of the molecule is C[C@@H]1CN(CC(=O)N2CC(C)(C)c3cnc(Cc4ccc(F)cc4F)cc32)[C@@H](CN2CC[C@H](F)C2)CN1C(=O)OC(C)(C)C. The predicted molar refractivity (Wildman–Crippen MR) is 162 cm³/mol. The maximum Gasteiger partial charge on any atom is 0.410 e. The zero-order chi connectivity index (χ0) is 32.0. The van der Waals surface area contributed by atoms with Gasteiger partial charge in [0.1, 0.15) is 23.4 Å². The van der Waals surface area contributed by atoms with Gasteiger partial charge in [0.25, 0.3) is 0 Å². The smallest absolute Gasteiger partial charge is 0.410 e. The van der Waals surface area contributed by atoms with Gasteiger partial charge in [0, 0.05) is 86.7 Å². The van der Waals surface area contributed by atoms with Crippen molar-refractivity contribution in [2.45, 2.75) is 83.7 Å². The molecule has 3 aliphatic heterocycles. The Morgan fingerprint density at radius 2 is 1.86 bits per heavy atom. The van der Waals surface area contributed by atoms with Gasteiger partial charge in [0.15, 0.2) is 0 Å². The Morgan fingerprint density at radius 1 is 1.11 bits per heavy atom. The molecule has 44 heavy (non-hydrogen) atoms. The molecule has 3 atom stereocenters. The highest BCUT2D eigenvalue weighted by molar-refractivity contribution is 5.97. The van der Waals surface area contributed by atoms with Crippen molar-refractivity contribution in [1.82, 2.24) is 19.7 Å². The van der Waals surface area contributed by atoms with Crippen LogP contribution in [0, 0.1) is 11.6 Å². The normalized spacial score (nSPS) is 24.1. The number of aromatic nitrogens is 1. The van der Waals surface area contributed by atoms with Gasteiger partial charge >= 0.3 is 6.09 Å². The van der Waals surface area contributed by atoms with Crippen LogP contribution in [0.4, 0.5) is 23.7 Å². The van der Waals surface area contributed by atoms with Crippen molar-refractivity contribution in [1.29, 1.82) is 0 Å². The molecule has 0 saturated carbocycles. The summed E-state index contributed by atoms with van der Waals surface area (Å²) in [7, 11) is 0. The molecule has 2 fully saturated rings. The van der Waals surface area contributed by atoms with Crippen molar-refractivity contribution in [3.8, 4) is 0 Å². The van der Waals surface area contributed by atoms with E-state index in [1.54, 1.807) is 16.0 Å². The number of benzene rings is 1. The fraction of sp³-hybridized carbons (Fsp3) is 0.606. The van der Waals surface area contributed by atoms with Gasteiger partial charge in [-0.2, -0.15) is 0 Å². The van der Waals surface area contributed by atoms with Gasteiger partial charge in [-0.1, -0.05) is 19.9 Å². The summed E-state index contributed by atoms with van der Waals surface area (Å²) in [5, 5.41) is 0. The lowest BCUT2D eigenvalue weighted by Gasteiger charge is -2.46. The molecule has 0 unspecified atom stereocenters. The number of amides is 2. The summed E-state index contributed by atoms with van der Waals surface area (Å²) in [5.74, 6) is -1.36. The molecule has 8 nitrogen and oxygen atoms in total. The van der Waals surface area contributed by atoms with E-state index in [0.717, 1.165) is 17.3 Å². The lowest BCUT2D eigenvalue weighted by molar-refractivity contribution is -0.121. The van der Waals surface area contributed by atoms with Crippen LogP contribution >= 0.6 is 0 Å². The molecule has 2 saturated heterocycles. The lowest BCUT2D eigenvalue weighted by atomic mass is 9.88. The van der Waals surface area contributed by atoms with Crippen molar-refractivity contribution in [2.24, 2.45) is 0 Å². The summed E-state index contributed by atoms with van der Waals surface area (Å²) in [6.45, 7) is 14.5. The van der Waals surface area contributed by atoms with E-state index in [2.05, 4.69) is 28.6 Å². The number of halogens is 3. The van der Waals surface area contributed by atoms with Crippen molar-refractivity contribution in [2.75, 3.05) is 50.7 Å². The third-order valence-electron chi connectivity index (χ3n) is 8.80. The maximum atomic E-state index is 14.4. The van der Waals surface area contributed by atoms with E-state index in [-0.39, 0.29) is 36.4 Å². The number of carbonyl (C=O) groups is 2. The third-order valence-corrected chi connectivity index (χ3v) is 8.80. The lowest BCUT2D eigenvalue weighted by Crippen LogP contribution is -2.63. The second-order valence-corrected chi connectivity index (χ2v) is 14.2. The molecule has 240 valence electrons. The molecule has 0 bridgehead atoms. The first kappa shape index (κ1) is 32.2. The summed E-state index contributed by atoms with van der Waals surface area (Å²) in [4.78, 5) is 39.4. The van der Waals surface area contributed by atoms with Gasteiger partial charge in [-0.05, 0) is 51.8 Å². The maximum absolute atomic E-state index is 14.4. The van der Waals surface area contributed by atoms with E-state index in [1.165, 1.54) is 12.1 Å². The van der Waals surface area contributed by atoms with Crippen LogP contribution in [0.1, 0.15) is 64.8 Å². The van der Waals surface area contributed by atoms with E-state index in [4.69, 9.17) is 4.74 Å². The number of nitrogens with zero attached hydrogens (tertiary/aromatic N) is 5.